The molecule has 18 heavy (non-hydrogen) atoms. The minimum absolute atomic E-state index is 0.0783. The fourth-order valence-corrected chi connectivity index (χ4v) is 2.86. The van der Waals surface area contributed by atoms with Gasteiger partial charge < -0.3 is 9.67 Å². The van der Waals surface area contributed by atoms with Crippen molar-refractivity contribution in [2.45, 2.75) is 6.54 Å². The maximum atomic E-state index is 10.8. The summed E-state index contributed by atoms with van der Waals surface area (Å²) >= 11 is 1.70. The molecule has 2 heterocycles. The summed E-state index contributed by atoms with van der Waals surface area (Å²) in [6.07, 6.45) is 3.10. The molecule has 0 fully saturated rings. The van der Waals surface area contributed by atoms with Gasteiger partial charge in [0.15, 0.2) is 5.69 Å². The molecule has 3 rings (SSSR count). The number of rotatable bonds is 3. The smallest absolute Gasteiger partial charge is 0.356 e. The molecule has 0 amide bonds. The number of hydrogen-bond donors (Lipinski definition) is 1. The van der Waals surface area contributed by atoms with Gasteiger partial charge in [-0.1, -0.05) is 18.2 Å². The lowest BCUT2D eigenvalue weighted by atomic mass is 10.2. The van der Waals surface area contributed by atoms with E-state index >= 15 is 0 Å². The Hall–Kier alpha value is -2.14. The molecule has 3 aromatic rings. The Labute approximate surface area is 107 Å². The predicted octanol–water partition coefficient (Wildman–Crippen LogP) is 2.84. The van der Waals surface area contributed by atoms with Crippen LogP contribution in [0.4, 0.5) is 0 Å². The van der Waals surface area contributed by atoms with Crippen molar-refractivity contribution >= 4 is 27.4 Å². The van der Waals surface area contributed by atoms with E-state index in [9.17, 15) is 4.79 Å². The zero-order valence-electron chi connectivity index (χ0n) is 9.41. The van der Waals surface area contributed by atoms with Crippen LogP contribution < -0.4 is 0 Å². The van der Waals surface area contributed by atoms with Crippen molar-refractivity contribution in [1.29, 1.82) is 0 Å². The second-order valence-corrected chi connectivity index (χ2v) is 4.90. The third-order valence-corrected chi connectivity index (χ3v) is 3.78. The van der Waals surface area contributed by atoms with E-state index in [-0.39, 0.29) is 5.69 Å². The highest BCUT2D eigenvalue weighted by atomic mass is 32.1. The summed E-state index contributed by atoms with van der Waals surface area (Å²) in [6, 6.07) is 8.19. The molecule has 90 valence electrons. The average molecular weight is 258 g/mol. The van der Waals surface area contributed by atoms with Gasteiger partial charge in [-0.3, -0.25) is 0 Å². The first kappa shape index (κ1) is 11.0. The van der Waals surface area contributed by atoms with Gasteiger partial charge in [0.25, 0.3) is 0 Å². The molecule has 0 saturated heterocycles. The molecule has 0 spiro atoms. The number of aromatic nitrogens is 2. The van der Waals surface area contributed by atoms with Gasteiger partial charge in [-0.25, -0.2) is 9.78 Å². The number of benzene rings is 1. The highest BCUT2D eigenvalue weighted by Gasteiger charge is 2.08. The molecule has 0 unspecified atom stereocenters. The van der Waals surface area contributed by atoms with Crippen LogP contribution in [0.2, 0.25) is 0 Å². The summed E-state index contributed by atoms with van der Waals surface area (Å²) in [5, 5.41) is 12.1. The van der Waals surface area contributed by atoms with Gasteiger partial charge in [0, 0.05) is 17.4 Å². The van der Waals surface area contributed by atoms with Crippen molar-refractivity contribution in [3.8, 4) is 0 Å². The first-order valence-corrected chi connectivity index (χ1v) is 6.32. The van der Waals surface area contributed by atoms with Crippen LogP contribution in [0.25, 0.3) is 10.1 Å². The molecule has 0 saturated carbocycles. The van der Waals surface area contributed by atoms with Crippen molar-refractivity contribution < 1.29 is 9.90 Å². The fraction of sp³-hybridized carbons (Fsp3) is 0.0769. The number of thiophene rings is 1. The Kier molecular flexibility index (Phi) is 2.60. The van der Waals surface area contributed by atoms with Crippen molar-refractivity contribution in [3.63, 3.8) is 0 Å². The van der Waals surface area contributed by atoms with Gasteiger partial charge in [-0.15, -0.1) is 11.3 Å². The van der Waals surface area contributed by atoms with Crippen LogP contribution in [0, 0.1) is 0 Å². The third kappa shape index (κ3) is 1.89. The van der Waals surface area contributed by atoms with E-state index in [0.29, 0.717) is 6.54 Å². The molecule has 0 bridgehead atoms. The molecule has 0 aliphatic heterocycles. The summed E-state index contributed by atoms with van der Waals surface area (Å²) < 4.78 is 3.03. The summed E-state index contributed by atoms with van der Waals surface area (Å²) in [5.74, 6) is -0.996. The highest BCUT2D eigenvalue weighted by molar-refractivity contribution is 7.17. The molecule has 0 aliphatic carbocycles. The lowest BCUT2D eigenvalue weighted by Gasteiger charge is -2.00. The molecule has 0 radical (unpaired) electrons. The van der Waals surface area contributed by atoms with Crippen molar-refractivity contribution in [2.75, 3.05) is 0 Å². The molecule has 5 heteroatoms. The Morgan fingerprint density at radius 2 is 2.22 bits per heavy atom. The predicted molar refractivity (Wildman–Crippen MR) is 70.1 cm³/mol. The number of carboxylic acids is 1. The number of imidazole rings is 1. The standard InChI is InChI=1S/C13H10N2O2S/c16-13(17)11-6-15(8-14-11)5-9-7-18-12-4-2-1-3-10(9)12/h1-4,6-8H,5H2,(H,16,17). The second kappa shape index (κ2) is 4.27. The molecule has 1 N–H and O–H groups in total. The van der Waals surface area contributed by atoms with Crippen LogP contribution in [0.15, 0.2) is 42.2 Å². The zero-order valence-corrected chi connectivity index (χ0v) is 10.2. The minimum Gasteiger partial charge on any atom is -0.476 e. The molecule has 1 aromatic carbocycles. The number of aromatic carboxylic acids is 1. The van der Waals surface area contributed by atoms with Gasteiger partial charge in [0.05, 0.1) is 6.33 Å². The SMILES string of the molecule is O=C(O)c1cn(Cc2csc3ccccc23)cn1. The Morgan fingerprint density at radius 3 is 3.00 bits per heavy atom. The van der Waals surface area contributed by atoms with Gasteiger partial charge in [-0.05, 0) is 22.4 Å². The molecular formula is C13H10N2O2S. The van der Waals surface area contributed by atoms with Crippen LogP contribution in [-0.4, -0.2) is 20.6 Å². The van der Waals surface area contributed by atoms with Crippen LogP contribution in [-0.2, 0) is 6.54 Å². The topological polar surface area (TPSA) is 55.1 Å². The number of hydrogen-bond acceptors (Lipinski definition) is 3. The summed E-state index contributed by atoms with van der Waals surface area (Å²) in [7, 11) is 0. The van der Waals surface area contributed by atoms with E-state index in [1.54, 1.807) is 28.4 Å². The lowest BCUT2D eigenvalue weighted by Crippen LogP contribution is -1.97. The normalized spacial score (nSPS) is 10.9. The van der Waals surface area contributed by atoms with Gasteiger partial charge in [0.2, 0.25) is 0 Å². The van der Waals surface area contributed by atoms with Crippen LogP contribution >= 0.6 is 11.3 Å². The maximum Gasteiger partial charge on any atom is 0.356 e. The van der Waals surface area contributed by atoms with E-state index in [0.717, 1.165) is 0 Å². The van der Waals surface area contributed by atoms with E-state index in [1.165, 1.54) is 15.6 Å². The Morgan fingerprint density at radius 1 is 1.39 bits per heavy atom. The van der Waals surface area contributed by atoms with E-state index in [4.69, 9.17) is 5.11 Å². The molecule has 2 aromatic heterocycles. The highest BCUT2D eigenvalue weighted by Crippen LogP contribution is 2.26. The zero-order chi connectivity index (χ0) is 12.5. The van der Waals surface area contributed by atoms with Crippen molar-refractivity contribution in [3.05, 3.63) is 53.4 Å². The van der Waals surface area contributed by atoms with E-state index in [2.05, 4.69) is 22.5 Å². The Balaban J connectivity index is 1.93. The number of carboxylic acid groups (broad SMARTS) is 1. The summed E-state index contributed by atoms with van der Waals surface area (Å²) in [5.41, 5.74) is 1.26. The molecule has 0 aliphatic rings. The first-order chi connectivity index (χ1) is 8.74. The van der Waals surface area contributed by atoms with E-state index in [1.807, 2.05) is 12.1 Å². The summed E-state index contributed by atoms with van der Waals surface area (Å²) in [6.45, 7) is 0.643. The van der Waals surface area contributed by atoms with E-state index < -0.39 is 5.97 Å². The second-order valence-electron chi connectivity index (χ2n) is 3.99. The lowest BCUT2D eigenvalue weighted by molar-refractivity contribution is 0.0691. The molecule has 0 atom stereocenters. The van der Waals surface area contributed by atoms with Gasteiger partial charge in [-0.2, -0.15) is 0 Å². The maximum absolute atomic E-state index is 10.8. The third-order valence-electron chi connectivity index (χ3n) is 2.77. The number of carbonyl (C=O) groups is 1. The quantitative estimate of drug-likeness (QED) is 0.786. The minimum atomic E-state index is -0.996. The van der Waals surface area contributed by atoms with Crippen LogP contribution in [0.3, 0.4) is 0 Å². The molecule has 4 nitrogen and oxygen atoms in total. The van der Waals surface area contributed by atoms with Crippen molar-refractivity contribution in [1.82, 2.24) is 9.55 Å². The Bertz CT molecular complexity index is 714. The largest absolute Gasteiger partial charge is 0.476 e. The van der Waals surface area contributed by atoms with Crippen LogP contribution in [0.5, 0.6) is 0 Å². The number of fused-ring (bicyclic) bond motifs is 1. The fourth-order valence-electron chi connectivity index (χ4n) is 1.91. The van der Waals surface area contributed by atoms with Gasteiger partial charge >= 0.3 is 5.97 Å². The number of nitrogens with zero attached hydrogens (tertiary/aromatic N) is 2. The molecular weight excluding hydrogens is 248 g/mol. The summed E-state index contributed by atoms with van der Waals surface area (Å²) in [4.78, 5) is 14.6. The van der Waals surface area contributed by atoms with Crippen molar-refractivity contribution in [2.24, 2.45) is 0 Å². The monoisotopic (exact) mass is 258 g/mol. The van der Waals surface area contributed by atoms with Gasteiger partial charge in [0.1, 0.15) is 0 Å². The van der Waals surface area contributed by atoms with Crippen LogP contribution in [0.1, 0.15) is 16.1 Å². The average Bonchev–Trinajstić information content (AvgIpc) is 2.98. The first-order valence-electron chi connectivity index (χ1n) is 5.44.